The predicted molar refractivity (Wildman–Crippen MR) is 90.5 cm³/mol. The van der Waals surface area contributed by atoms with Crippen molar-refractivity contribution in [3.05, 3.63) is 29.8 Å². The maximum Gasteiger partial charge on any atom is 0.232 e. The van der Waals surface area contributed by atoms with Crippen LogP contribution in [0.4, 0.5) is 5.69 Å². The monoisotopic (exact) mass is 326 g/mol. The molecule has 124 valence electrons. The highest BCUT2D eigenvalue weighted by Crippen LogP contribution is 2.18. The van der Waals surface area contributed by atoms with E-state index in [1.54, 1.807) is 12.1 Å². The number of aryl methyl sites for hydroxylation is 1. The summed E-state index contributed by atoms with van der Waals surface area (Å²) in [6.45, 7) is 7.99. The molecule has 0 aliphatic heterocycles. The minimum Gasteiger partial charge on any atom is -0.352 e. The number of sulfonamides is 1. The maximum absolute atomic E-state index is 11.9. The van der Waals surface area contributed by atoms with Gasteiger partial charge in [0.2, 0.25) is 15.9 Å². The van der Waals surface area contributed by atoms with Gasteiger partial charge in [0.25, 0.3) is 0 Å². The molecular formula is C16H26N2O3S. The van der Waals surface area contributed by atoms with Gasteiger partial charge in [-0.1, -0.05) is 17.7 Å². The largest absolute Gasteiger partial charge is 0.352 e. The van der Waals surface area contributed by atoms with Crippen molar-refractivity contribution in [1.29, 1.82) is 0 Å². The molecule has 0 saturated heterocycles. The first-order chi connectivity index (χ1) is 9.99. The van der Waals surface area contributed by atoms with Gasteiger partial charge in [0.1, 0.15) is 0 Å². The first-order valence-electron chi connectivity index (χ1n) is 7.34. The van der Waals surface area contributed by atoms with Gasteiger partial charge in [-0.3, -0.25) is 9.10 Å². The second-order valence-corrected chi connectivity index (χ2v) is 8.48. The summed E-state index contributed by atoms with van der Waals surface area (Å²) in [6.07, 6.45) is 1.96. The summed E-state index contributed by atoms with van der Waals surface area (Å²) >= 11 is 0. The molecule has 0 heterocycles. The molecular weight excluding hydrogens is 300 g/mol. The van der Waals surface area contributed by atoms with Crippen LogP contribution in [0.15, 0.2) is 24.3 Å². The molecule has 22 heavy (non-hydrogen) atoms. The second kappa shape index (κ2) is 7.13. The van der Waals surface area contributed by atoms with Crippen molar-refractivity contribution in [3.8, 4) is 0 Å². The van der Waals surface area contributed by atoms with Crippen molar-refractivity contribution in [2.75, 3.05) is 17.1 Å². The Bertz CT molecular complexity index is 601. The minimum atomic E-state index is -3.36. The fourth-order valence-electron chi connectivity index (χ4n) is 2.06. The predicted octanol–water partition coefficient (Wildman–Crippen LogP) is 2.46. The summed E-state index contributed by atoms with van der Waals surface area (Å²) in [7, 11) is -3.36. The molecule has 1 amide bonds. The van der Waals surface area contributed by atoms with Gasteiger partial charge in [0, 0.05) is 18.5 Å². The van der Waals surface area contributed by atoms with Gasteiger partial charge >= 0.3 is 0 Å². The fourth-order valence-corrected chi connectivity index (χ4v) is 3.03. The van der Waals surface area contributed by atoms with E-state index in [0.717, 1.165) is 5.56 Å². The lowest BCUT2D eigenvalue weighted by Crippen LogP contribution is -2.41. The van der Waals surface area contributed by atoms with Gasteiger partial charge < -0.3 is 5.32 Å². The molecule has 1 N–H and O–H groups in total. The minimum absolute atomic E-state index is 0.0649. The van der Waals surface area contributed by atoms with Crippen molar-refractivity contribution < 1.29 is 13.2 Å². The lowest BCUT2D eigenvalue weighted by atomic mass is 10.1. The standard InChI is InChI=1S/C16H26N2O3S/c1-13-8-10-14(11-9-13)18(22(5,20)21)12-6-7-15(19)17-16(2,3)4/h8-11H,6-7,12H2,1-5H3,(H,17,19). The van der Waals surface area contributed by atoms with E-state index in [1.165, 1.54) is 10.6 Å². The quantitative estimate of drug-likeness (QED) is 0.873. The molecule has 0 radical (unpaired) electrons. The summed E-state index contributed by atoms with van der Waals surface area (Å²) in [5, 5.41) is 2.87. The van der Waals surface area contributed by atoms with Gasteiger partial charge in [-0.25, -0.2) is 8.42 Å². The maximum atomic E-state index is 11.9. The molecule has 0 saturated carbocycles. The van der Waals surface area contributed by atoms with Gasteiger partial charge in [0.15, 0.2) is 0 Å². The molecule has 6 heteroatoms. The second-order valence-electron chi connectivity index (χ2n) is 6.57. The number of benzene rings is 1. The molecule has 0 fully saturated rings. The zero-order chi connectivity index (χ0) is 17.0. The summed E-state index contributed by atoms with van der Waals surface area (Å²) in [5.74, 6) is -0.0649. The van der Waals surface area contributed by atoms with Gasteiger partial charge in [-0.05, 0) is 46.2 Å². The van der Waals surface area contributed by atoms with Crippen LogP contribution in [0.1, 0.15) is 39.2 Å². The molecule has 1 rings (SSSR count). The highest BCUT2D eigenvalue weighted by molar-refractivity contribution is 7.92. The zero-order valence-corrected chi connectivity index (χ0v) is 14.8. The molecule has 0 bridgehead atoms. The molecule has 0 spiro atoms. The van der Waals surface area contributed by atoms with E-state index in [-0.39, 0.29) is 11.4 Å². The van der Waals surface area contributed by atoms with Crippen LogP contribution in [-0.2, 0) is 14.8 Å². The van der Waals surface area contributed by atoms with Crippen LogP contribution >= 0.6 is 0 Å². The first-order valence-corrected chi connectivity index (χ1v) is 9.19. The summed E-state index contributed by atoms with van der Waals surface area (Å²) in [6, 6.07) is 7.32. The average molecular weight is 326 g/mol. The first kappa shape index (κ1) is 18.5. The van der Waals surface area contributed by atoms with E-state index >= 15 is 0 Å². The summed E-state index contributed by atoms with van der Waals surface area (Å²) in [4.78, 5) is 11.8. The molecule has 0 aromatic heterocycles. The van der Waals surface area contributed by atoms with E-state index < -0.39 is 10.0 Å². The van der Waals surface area contributed by atoms with Crippen LogP contribution in [0.25, 0.3) is 0 Å². The van der Waals surface area contributed by atoms with Crippen molar-refractivity contribution in [2.45, 2.75) is 46.1 Å². The summed E-state index contributed by atoms with van der Waals surface area (Å²) < 4.78 is 25.2. The Labute approximate surface area is 133 Å². The molecule has 5 nitrogen and oxygen atoms in total. The Morgan fingerprint density at radius 2 is 1.73 bits per heavy atom. The van der Waals surface area contributed by atoms with Crippen LogP contribution < -0.4 is 9.62 Å². The Balaban J connectivity index is 2.69. The van der Waals surface area contributed by atoms with E-state index in [9.17, 15) is 13.2 Å². The van der Waals surface area contributed by atoms with Crippen LogP contribution in [-0.4, -0.2) is 32.7 Å². The Hall–Kier alpha value is -1.56. The van der Waals surface area contributed by atoms with Crippen LogP contribution in [0.2, 0.25) is 0 Å². The van der Waals surface area contributed by atoms with Crippen LogP contribution in [0.3, 0.4) is 0 Å². The number of nitrogens with zero attached hydrogens (tertiary/aromatic N) is 1. The third-order valence-corrected chi connectivity index (χ3v) is 4.20. The van der Waals surface area contributed by atoms with Gasteiger partial charge in [-0.15, -0.1) is 0 Å². The number of amides is 1. The third-order valence-electron chi connectivity index (χ3n) is 3.00. The lowest BCUT2D eigenvalue weighted by molar-refractivity contribution is -0.122. The molecule has 0 aliphatic carbocycles. The number of carbonyl (C=O) groups is 1. The molecule has 0 unspecified atom stereocenters. The lowest BCUT2D eigenvalue weighted by Gasteiger charge is -2.23. The number of rotatable bonds is 6. The van der Waals surface area contributed by atoms with Crippen molar-refractivity contribution >= 4 is 21.6 Å². The topological polar surface area (TPSA) is 66.5 Å². The fraction of sp³-hybridized carbons (Fsp3) is 0.562. The van der Waals surface area contributed by atoms with Gasteiger partial charge in [0.05, 0.1) is 11.9 Å². The Kier molecular flexibility index (Phi) is 6.00. The van der Waals surface area contributed by atoms with Crippen molar-refractivity contribution in [2.24, 2.45) is 0 Å². The van der Waals surface area contributed by atoms with Crippen molar-refractivity contribution in [3.63, 3.8) is 0 Å². The van der Waals surface area contributed by atoms with E-state index in [0.29, 0.717) is 25.1 Å². The number of carbonyl (C=O) groups excluding carboxylic acids is 1. The summed E-state index contributed by atoms with van der Waals surface area (Å²) in [5.41, 5.74) is 1.43. The van der Waals surface area contributed by atoms with E-state index in [2.05, 4.69) is 5.32 Å². The Morgan fingerprint density at radius 1 is 1.18 bits per heavy atom. The van der Waals surface area contributed by atoms with Crippen LogP contribution in [0, 0.1) is 6.92 Å². The number of nitrogens with one attached hydrogen (secondary N) is 1. The molecule has 1 aromatic rings. The van der Waals surface area contributed by atoms with E-state index in [1.807, 2.05) is 39.8 Å². The van der Waals surface area contributed by atoms with Crippen molar-refractivity contribution in [1.82, 2.24) is 5.32 Å². The number of anilines is 1. The smallest absolute Gasteiger partial charge is 0.232 e. The zero-order valence-electron chi connectivity index (χ0n) is 14.0. The number of hydrogen-bond donors (Lipinski definition) is 1. The highest BCUT2D eigenvalue weighted by Gasteiger charge is 2.18. The average Bonchev–Trinajstić information content (AvgIpc) is 2.32. The van der Waals surface area contributed by atoms with E-state index in [4.69, 9.17) is 0 Å². The Morgan fingerprint density at radius 3 is 2.18 bits per heavy atom. The molecule has 0 atom stereocenters. The number of hydrogen-bond acceptors (Lipinski definition) is 3. The van der Waals surface area contributed by atoms with Crippen LogP contribution in [0.5, 0.6) is 0 Å². The SMILES string of the molecule is Cc1ccc(N(CCCC(=O)NC(C)(C)C)S(C)(=O)=O)cc1. The molecule has 0 aliphatic rings. The third kappa shape index (κ3) is 6.47. The normalized spacial score (nSPS) is 12.0. The molecule has 1 aromatic carbocycles. The highest BCUT2D eigenvalue weighted by atomic mass is 32.2. The van der Waals surface area contributed by atoms with Gasteiger partial charge in [-0.2, -0.15) is 0 Å².